The van der Waals surface area contributed by atoms with E-state index in [1.807, 2.05) is 33.5 Å². The third-order valence-electron chi connectivity index (χ3n) is 2.66. The van der Waals surface area contributed by atoms with E-state index in [0.717, 1.165) is 16.9 Å². The van der Waals surface area contributed by atoms with Crippen molar-refractivity contribution in [1.82, 2.24) is 9.38 Å². The number of thiophene rings is 1. The van der Waals surface area contributed by atoms with E-state index in [9.17, 15) is 0 Å². The Kier molecular flexibility index (Phi) is 3.58. The number of halogens is 1. The smallest absolute Gasteiger partial charge is 0.171 e. The molecule has 0 aromatic carbocycles. The van der Waals surface area contributed by atoms with E-state index in [2.05, 4.69) is 10.1 Å². The molecule has 102 valence electrons. The second-order valence-electron chi connectivity index (χ2n) is 4.11. The van der Waals surface area contributed by atoms with Crippen LogP contribution in [0.1, 0.15) is 11.3 Å². The highest BCUT2D eigenvalue weighted by molar-refractivity contribution is 7.08. The maximum atomic E-state index is 5.91. The van der Waals surface area contributed by atoms with E-state index in [0.29, 0.717) is 10.9 Å². The number of rotatable bonds is 4. The average molecular weight is 307 g/mol. The molecule has 0 aliphatic rings. The highest BCUT2D eigenvalue weighted by Crippen LogP contribution is 2.12. The molecular formula is C13H11ClN4OS. The van der Waals surface area contributed by atoms with Gasteiger partial charge in [0.1, 0.15) is 5.65 Å². The largest absolute Gasteiger partial charge is 0.388 e. The van der Waals surface area contributed by atoms with E-state index in [-0.39, 0.29) is 6.61 Å². The van der Waals surface area contributed by atoms with Gasteiger partial charge in [-0.05, 0) is 23.6 Å². The molecule has 3 heterocycles. The standard InChI is InChI=1S/C13H11ClN4OS/c14-10-1-2-12-16-11(6-18(12)5-10)7-19-17-13(15)9-3-4-20-8-9/h1-6,8H,7H2,(H2,15,17). The van der Waals surface area contributed by atoms with Crippen LogP contribution >= 0.6 is 22.9 Å². The molecule has 0 atom stereocenters. The monoisotopic (exact) mass is 306 g/mol. The van der Waals surface area contributed by atoms with Crippen LogP contribution in [0, 0.1) is 0 Å². The van der Waals surface area contributed by atoms with Crippen LogP contribution in [0.2, 0.25) is 5.02 Å². The fourth-order valence-corrected chi connectivity index (χ4v) is 2.54. The quantitative estimate of drug-likeness (QED) is 0.458. The van der Waals surface area contributed by atoms with Gasteiger partial charge >= 0.3 is 0 Å². The lowest BCUT2D eigenvalue weighted by molar-refractivity contribution is 0.128. The molecule has 7 heteroatoms. The molecule has 2 N–H and O–H groups in total. The van der Waals surface area contributed by atoms with E-state index < -0.39 is 0 Å². The highest BCUT2D eigenvalue weighted by atomic mass is 35.5. The summed E-state index contributed by atoms with van der Waals surface area (Å²) in [6.07, 6.45) is 3.63. The molecule has 0 bridgehead atoms. The maximum absolute atomic E-state index is 5.91. The van der Waals surface area contributed by atoms with Crippen LogP contribution in [0.15, 0.2) is 46.5 Å². The van der Waals surface area contributed by atoms with E-state index in [1.54, 1.807) is 23.6 Å². The normalized spacial score (nSPS) is 11.9. The first-order valence-electron chi connectivity index (χ1n) is 5.83. The van der Waals surface area contributed by atoms with Crippen molar-refractivity contribution < 1.29 is 4.84 Å². The van der Waals surface area contributed by atoms with Crippen molar-refractivity contribution in [3.8, 4) is 0 Å². The van der Waals surface area contributed by atoms with Crippen LogP contribution in [-0.2, 0) is 11.4 Å². The first kappa shape index (κ1) is 13.0. The highest BCUT2D eigenvalue weighted by Gasteiger charge is 2.03. The SMILES string of the molecule is NC(=NOCc1cn2cc(Cl)ccc2n1)c1ccsc1. The van der Waals surface area contributed by atoms with Crippen LogP contribution in [0.25, 0.3) is 5.65 Å². The summed E-state index contributed by atoms with van der Waals surface area (Å²) in [4.78, 5) is 9.61. The Hall–Kier alpha value is -2.05. The minimum atomic E-state index is 0.254. The summed E-state index contributed by atoms with van der Waals surface area (Å²) >= 11 is 7.47. The van der Waals surface area contributed by atoms with Gasteiger partial charge in [0.05, 0.1) is 10.7 Å². The van der Waals surface area contributed by atoms with Gasteiger partial charge in [0.15, 0.2) is 12.4 Å². The fraction of sp³-hybridized carbons (Fsp3) is 0.0769. The van der Waals surface area contributed by atoms with Crippen LogP contribution in [-0.4, -0.2) is 15.2 Å². The molecule has 0 spiro atoms. The number of nitrogens with two attached hydrogens (primary N) is 1. The lowest BCUT2D eigenvalue weighted by Gasteiger charge is -1.98. The van der Waals surface area contributed by atoms with E-state index in [4.69, 9.17) is 22.2 Å². The summed E-state index contributed by atoms with van der Waals surface area (Å²) in [7, 11) is 0. The topological polar surface area (TPSA) is 64.9 Å². The lowest BCUT2D eigenvalue weighted by Crippen LogP contribution is -2.12. The molecule has 0 saturated carbocycles. The summed E-state index contributed by atoms with van der Waals surface area (Å²) in [5.74, 6) is 0.359. The van der Waals surface area contributed by atoms with Gasteiger partial charge < -0.3 is 15.0 Å². The average Bonchev–Trinajstić information content (AvgIpc) is 3.06. The Bertz CT molecular complexity index is 751. The Morgan fingerprint density at radius 1 is 1.40 bits per heavy atom. The third kappa shape index (κ3) is 2.76. The number of oxime groups is 1. The molecule has 0 aliphatic carbocycles. The van der Waals surface area contributed by atoms with Gasteiger partial charge in [-0.3, -0.25) is 0 Å². The summed E-state index contributed by atoms with van der Waals surface area (Å²) in [5, 5.41) is 8.38. The van der Waals surface area contributed by atoms with E-state index in [1.165, 1.54) is 0 Å². The minimum Gasteiger partial charge on any atom is -0.388 e. The first-order chi connectivity index (χ1) is 9.72. The van der Waals surface area contributed by atoms with Gasteiger partial charge in [0.25, 0.3) is 0 Å². The van der Waals surface area contributed by atoms with Gasteiger partial charge in [-0.15, -0.1) is 0 Å². The number of nitrogens with zero attached hydrogens (tertiary/aromatic N) is 3. The van der Waals surface area contributed by atoms with Crippen LogP contribution < -0.4 is 5.73 Å². The number of hydrogen-bond donors (Lipinski definition) is 1. The molecule has 3 aromatic heterocycles. The molecule has 0 radical (unpaired) electrons. The zero-order valence-corrected chi connectivity index (χ0v) is 11.9. The molecule has 0 unspecified atom stereocenters. The molecule has 0 aliphatic heterocycles. The van der Waals surface area contributed by atoms with Gasteiger partial charge in [-0.2, -0.15) is 11.3 Å². The number of amidine groups is 1. The number of hydrogen-bond acceptors (Lipinski definition) is 4. The van der Waals surface area contributed by atoms with Crippen LogP contribution in [0.3, 0.4) is 0 Å². The van der Waals surface area contributed by atoms with Crippen molar-refractivity contribution in [2.75, 3.05) is 0 Å². The predicted octanol–water partition coefficient (Wildman–Crippen LogP) is 2.89. The number of imidazole rings is 1. The number of fused-ring (bicyclic) bond motifs is 1. The number of pyridine rings is 1. The molecule has 3 aromatic rings. The molecule has 3 rings (SSSR count). The lowest BCUT2D eigenvalue weighted by atomic mass is 10.3. The van der Waals surface area contributed by atoms with Crippen molar-refractivity contribution in [3.05, 3.63) is 57.6 Å². The number of aromatic nitrogens is 2. The maximum Gasteiger partial charge on any atom is 0.171 e. The van der Waals surface area contributed by atoms with Crippen molar-refractivity contribution >= 4 is 34.4 Å². The van der Waals surface area contributed by atoms with Crippen molar-refractivity contribution in [1.29, 1.82) is 0 Å². The van der Waals surface area contributed by atoms with Crippen molar-refractivity contribution in [3.63, 3.8) is 0 Å². The zero-order chi connectivity index (χ0) is 13.9. The van der Waals surface area contributed by atoms with Gasteiger partial charge in [0, 0.05) is 23.3 Å². The summed E-state index contributed by atoms with van der Waals surface area (Å²) in [5.41, 5.74) is 8.21. The third-order valence-corrected chi connectivity index (χ3v) is 3.56. The van der Waals surface area contributed by atoms with Crippen molar-refractivity contribution in [2.45, 2.75) is 6.61 Å². The predicted molar refractivity (Wildman–Crippen MR) is 80.0 cm³/mol. The fourth-order valence-electron chi connectivity index (χ4n) is 1.72. The molecule has 0 saturated heterocycles. The van der Waals surface area contributed by atoms with Gasteiger partial charge in [0.2, 0.25) is 0 Å². The Morgan fingerprint density at radius 3 is 3.10 bits per heavy atom. The second-order valence-corrected chi connectivity index (χ2v) is 5.32. The molecular weight excluding hydrogens is 296 g/mol. The molecule has 5 nitrogen and oxygen atoms in total. The van der Waals surface area contributed by atoms with E-state index >= 15 is 0 Å². The van der Waals surface area contributed by atoms with Gasteiger partial charge in [-0.25, -0.2) is 4.98 Å². The Balaban J connectivity index is 1.69. The summed E-state index contributed by atoms with van der Waals surface area (Å²) < 4.78 is 1.84. The summed E-state index contributed by atoms with van der Waals surface area (Å²) in [6, 6.07) is 5.52. The van der Waals surface area contributed by atoms with Crippen LogP contribution in [0.4, 0.5) is 0 Å². The summed E-state index contributed by atoms with van der Waals surface area (Å²) in [6.45, 7) is 0.254. The van der Waals surface area contributed by atoms with Crippen LogP contribution in [0.5, 0.6) is 0 Å². The Labute approximate surface area is 124 Å². The van der Waals surface area contributed by atoms with Gasteiger partial charge in [-0.1, -0.05) is 16.8 Å². The Morgan fingerprint density at radius 2 is 2.30 bits per heavy atom. The first-order valence-corrected chi connectivity index (χ1v) is 7.15. The molecule has 20 heavy (non-hydrogen) atoms. The molecule has 0 amide bonds. The second kappa shape index (κ2) is 5.52. The minimum absolute atomic E-state index is 0.254. The molecule has 0 fully saturated rings. The van der Waals surface area contributed by atoms with Crippen molar-refractivity contribution in [2.24, 2.45) is 10.9 Å². The zero-order valence-electron chi connectivity index (χ0n) is 10.4.